The molecule has 7 nitrogen and oxygen atoms in total. The lowest BCUT2D eigenvalue weighted by atomic mass is 9.98. The number of carboxylic acid groups (broad SMARTS) is 1. The third kappa shape index (κ3) is 6.10. The maximum atomic E-state index is 12.8. The van der Waals surface area contributed by atoms with Crippen molar-refractivity contribution in [1.29, 1.82) is 0 Å². The number of alkyl carbamates (subject to hydrolysis) is 1. The van der Waals surface area contributed by atoms with E-state index in [9.17, 15) is 19.5 Å². The average molecular weight is 487 g/mol. The highest BCUT2D eigenvalue weighted by molar-refractivity contribution is 5.81. The Morgan fingerprint density at radius 1 is 0.917 bits per heavy atom. The molecule has 3 aromatic rings. The summed E-state index contributed by atoms with van der Waals surface area (Å²) in [5.74, 6) is -1.55. The first-order valence-corrected chi connectivity index (χ1v) is 12.0. The van der Waals surface area contributed by atoms with E-state index in [1.807, 2.05) is 61.5 Å². The highest BCUT2D eigenvalue weighted by Gasteiger charge is 2.29. The number of hydrogen-bond donors (Lipinski definition) is 2. The van der Waals surface area contributed by atoms with Gasteiger partial charge in [-0.05, 0) is 33.7 Å². The Hall–Kier alpha value is -4.13. The molecule has 186 valence electrons. The summed E-state index contributed by atoms with van der Waals surface area (Å²) in [7, 11) is 0. The minimum Gasteiger partial charge on any atom is -0.480 e. The number of fused-ring (bicyclic) bond motifs is 3. The predicted octanol–water partition coefficient (Wildman–Crippen LogP) is 4.66. The number of carbonyl (C=O) groups is 3. The number of carbonyl (C=O) groups excluding carboxylic acids is 2. The van der Waals surface area contributed by atoms with Crippen molar-refractivity contribution in [2.45, 2.75) is 25.8 Å². The summed E-state index contributed by atoms with van der Waals surface area (Å²) >= 11 is 0. The summed E-state index contributed by atoms with van der Waals surface area (Å²) in [5.41, 5.74) is 5.47. The van der Waals surface area contributed by atoms with Gasteiger partial charge in [0.15, 0.2) is 0 Å². The minimum atomic E-state index is -1.07. The zero-order valence-electron chi connectivity index (χ0n) is 20.2. The second-order valence-electron chi connectivity index (χ2n) is 9.14. The molecule has 2 amide bonds. The summed E-state index contributed by atoms with van der Waals surface area (Å²) in [4.78, 5) is 37.8. The fraction of sp³-hybridized carbons (Fsp3) is 0.276. The van der Waals surface area contributed by atoms with Gasteiger partial charge in [0, 0.05) is 25.4 Å². The smallest absolute Gasteiger partial charge is 0.407 e. The molecule has 0 saturated carbocycles. The quantitative estimate of drug-likeness (QED) is 0.434. The van der Waals surface area contributed by atoms with Gasteiger partial charge < -0.3 is 20.1 Å². The monoisotopic (exact) mass is 486 g/mol. The van der Waals surface area contributed by atoms with Gasteiger partial charge in [0.2, 0.25) is 5.91 Å². The van der Waals surface area contributed by atoms with Crippen molar-refractivity contribution in [2.24, 2.45) is 5.92 Å². The number of amides is 2. The van der Waals surface area contributed by atoms with Crippen LogP contribution in [0, 0.1) is 5.92 Å². The number of nitrogens with zero attached hydrogens (tertiary/aromatic N) is 1. The molecule has 1 unspecified atom stereocenters. The van der Waals surface area contributed by atoms with Gasteiger partial charge in [-0.15, -0.1) is 0 Å². The molecular weight excluding hydrogens is 456 g/mol. The molecule has 2 N–H and O–H groups in total. The number of carboxylic acids is 1. The van der Waals surface area contributed by atoms with Crippen molar-refractivity contribution in [3.05, 3.63) is 95.6 Å². The van der Waals surface area contributed by atoms with Crippen molar-refractivity contribution in [3.8, 4) is 11.1 Å². The predicted molar refractivity (Wildman–Crippen MR) is 136 cm³/mol. The fourth-order valence-corrected chi connectivity index (χ4v) is 4.61. The Balaban J connectivity index is 1.27. The second kappa shape index (κ2) is 11.5. The Kier molecular flexibility index (Phi) is 8.00. The first kappa shape index (κ1) is 25.0. The largest absolute Gasteiger partial charge is 0.480 e. The second-order valence-corrected chi connectivity index (χ2v) is 9.14. The third-order valence-corrected chi connectivity index (χ3v) is 6.36. The van der Waals surface area contributed by atoms with Crippen molar-refractivity contribution < 1.29 is 24.2 Å². The molecule has 1 atom stereocenters. The van der Waals surface area contributed by atoms with Crippen LogP contribution in [0.5, 0.6) is 0 Å². The first-order chi connectivity index (χ1) is 17.4. The molecule has 36 heavy (non-hydrogen) atoms. The number of benzene rings is 3. The zero-order valence-corrected chi connectivity index (χ0v) is 20.2. The van der Waals surface area contributed by atoms with Crippen LogP contribution < -0.4 is 5.32 Å². The number of aliphatic carboxylic acids is 1. The van der Waals surface area contributed by atoms with E-state index in [2.05, 4.69) is 29.6 Å². The number of nitrogens with one attached hydrogen (secondary N) is 1. The molecule has 0 spiro atoms. The Morgan fingerprint density at radius 3 is 2.11 bits per heavy atom. The van der Waals surface area contributed by atoms with Crippen molar-refractivity contribution >= 4 is 18.0 Å². The van der Waals surface area contributed by atoms with Gasteiger partial charge in [-0.2, -0.15) is 0 Å². The molecule has 0 bridgehead atoms. The molecule has 0 heterocycles. The molecule has 0 saturated heterocycles. The SMILES string of the molecule is CC(CNC(=O)OCC1c2ccccc2-c2ccccc21)CC(=O)N(CC(=O)O)Cc1ccccc1. The van der Waals surface area contributed by atoms with E-state index in [4.69, 9.17) is 4.74 Å². The van der Waals surface area contributed by atoms with E-state index < -0.39 is 12.1 Å². The van der Waals surface area contributed by atoms with Crippen LogP contribution >= 0.6 is 0 Å². The summed E-state index contributed by atoms with van der Waals surface area (Å²) < 4.78 is 5.55. The molecule has 0 aliphatic heterocycles. The third-order valence-electron chi connectivity index (χ3n) is 6.36. The van der Waals surface area contributed by atoms with Crippen LogP contribution in [-0.2, 0) is 20.9 Å². The van der Waals surface area contributed by atoms with Crippen molar-refractivity contribution in [1.82, 2.24) is 10.2 Å². The lowest BCUT2D eigenvalue weighted by molar-refractivity contribution is -0.145. The summed E-state index contributed by atoms with van der Waals surface area (Å²) in [5, 5.41) is 12.0. The molecule has 1 aliphatic carbocycles. The fourth-order valence-electron chi connectivity index (χ4n) is 4.61. The van der Waals surface area contributed by atoms with Gasteiger partial charge in [0.1, 0.15) is 13.2 Å². The molecule has 0 aromatic heterocycles. The maximum absolute atomic E-state index is 12.8. The van der Waals surface area contributed by atoms with E-state index in [1.54, 1.807) is 0 Å². The van der Waals surface area contributed by atoms with Gasteiger partial charge >= 0.3 is 12.1 Å². The standard InChI is InChI=1S/C29H30N2O5/c1-20(15-27(32)31(18-28(33)34)17-21-9-3-2-4-10-21)16-30-29(35)36-19-26-24-13-7-5-11-22(24)23-12-6-8-14-25(23)26/h2-14,20,26H,15-19H2,1H3,(H,30,35)(H,33,34). The van der Waals surface area contributed by atoms with Crippen LogP contribution in [0.2, 0.25) is 0 Å². The summed E-state index contributed by atoms with van der Waals surface area (Å²) in [6.07, 6.45) is -0.424. The Morgan fingerprint density at radius 2 is 1.50 bits per heavy atom. The normalized spacial score (nSPS) is 12.8. The minimum absolute atomic E-state index is 0.0234. The summed E-state index contributed by atoms with van der Waals surface area (Å²) in [6, 6.07) is 25.5. The van der Waals surface area contributed by atoms with E-state index >= 15 is 0 Å². The average Bonchev–Trinajstić information content (AvgIpc) is 3.20. The molecule has 0 fully saturated rings. The van der Waals surface area contributed by atoms with Crippen LogP contribution in [0.4, 0.5) is 4.79 Å². The van der Waals surface area contributed by atoms with E-state index in [1.165, 1.54) is 4.90 Å². The van der Waals surface area contributed by atoms with E-state index in [0.717, 1.165) is 27.8 Å². The van der Waals surface area contributed by atoms with Crippen molar-refractivity contribution in [2.75, 3.05) is 19.7 Å². The highest BCUT2D eigenvalue weighted by atomic mass is 16.5. The first-order valence-electron chi connectivity index (χ1n) is 12.0. The van der Waals surface area contributed by atoms with Gasteiger partial charge in [-0.1, -0.05) is 85.8 Å². The van der Waals surface area contributed by atoms with Gasteiger partial charge in [0.25, 0.3) is 0 Å². The van der Waals surface area contributed by atoms with Crippen LogP contribution in [0.3, 0.4) is 0 Å². The van der Waals surface area contributed by atoms with Gasteiger partial charge in [-0.25, -0.2) is 4.79 Å². The van der Waals surface area contributed by atoms with Crippen LogP contribution in [0.1, 0.15) is 36.0 Å². The van der Waals surface area contributed by atoms with E-state index in [-0.39, 0.29) is 50.4 Å². The lowest BCUT2D eigenvalue weighted by Crippen LogP contribution is -2.37. The van der Waals surface area contributed by atoms with Crippen LogP contribution in [0.15, 0.2) is 78.9 Å². The van der Waals surface area contributed by atoms with Crippen LogP contribution in [0.25, 0.3) is 11.1 Å². The number of rotatable bonds is 10. The number of ether oxygens (including phenoxy) is 1. The molecule has 4 rings (SSSR count). The van der Waals surface area contributed by atoms with E-state index in [0.29, 0.717) is 0 Å². The molecule has 7 heteroatoms. The molecule has 1 aliphatic rings. The van der Waals surface area contributed by atoms with Crippen LogP contribution in [-0.4, -0.2) is 47.7 Å². The molecule has 3 aromatic carbocycles. The van der Waals surface area contributed by atoms with Gasteiger partial charge in [-0.3, -0.25) is 9.59 Å². The zero-order chi connectivity index (χ0) is 25.5. The lowest BCUT2D eigenvalue weighted by Gasteiger charge is -2.23. The topological polar surface area (TPSA) is 95.9 Å². The van der Waals surface area contributed by atoms with Gasteiger partial charge in [0.05, 0.1) is 0 Å². The molecular formula is C29H30N2O5. The Bertz CT molecular complexity index is 1180. The maximum Gasteiger partial charge on any atom is 0.407 e. The number of hydrogen-bond acceptors (Lipinski definition) is 4. The molecule has 0 radical (unpaired) electrons. The summed E-state index contributed by atoms with van der Waals surface area (Å²) in [6.45, 7) is 2.15. The van der Waals surface area contributed by atoms with Crippen molar-refractivity contribution in [3.63, 3.8) is 0 Å². The Labute approximate surface area is 210 Å². The highest BCUT2D eigenvalue weighted by Crippen LogP contribution is 2.44.